The number of hydrogen-bond acceptors (Lipinski definition) is 6. The third-order valence-electron chi connectivity index (χ3n) is 1.88. The van der Waals surface area contributed by atoms with E-state index in [-0.39, 0.29) is 6.61 Å². The molecule has 0 aliphatic carbocycles. The number of rotatable bonds is 6. The summed E-state index contributed by atoms with van der Waals surface area (Å²) < 4.78 is 1.64. The number of nitrogens with zero attached hydrogens (tertiary/aromatic N) is 4. The highest BCUT2D eigenvalue weighted by Crippen LogP contribution is 2.14. The Balaban J connectivity index is 2.35. The Morgan fingerprint density at radius 3 is 2.93 bits per heavy atom. The van der Waals surface area contributed by atoms with Crippen LogP contribution in [0.1, 0.15) is 6.42 Å². The molecule has 14 heavy (non-hydrogen) atoms. The van der Waals surface area contributed by atoms with Gasteiger partial charge >= 0.3 is 0 Å². The SMILES string of the molecule is CNC(CCO)CSc1nnnn1C. The van der Waals surface area contributed by atoms with Crippen LogP contribution in [0.4, 0.5) is 0 Å². The van der Waals surface area contributed by atoms with Crippen LogP contribution < -0.4 is 5.32 Å². The zero-order chi connectivity index (χ0) is 10.4. The lowest BCUT2D eigenvalue weighted by molar-refractivity contribution is 0.273. The van der Waals surface area contributed by atoms with Gasteiger partial charge in [0.05, 0.1) is 0 Å². The molecule has 0 radical (unpaired) electrons. The summed E-state index contributed by atoms with van der Waals surface area (Å²) in [6, 6.07) is 0.293. The third kappa shape index (κ3) is 3.24. The van der Waals surface area contributed by atoms with Crippen LogP contribution in [0.5, 0.6) is 0 Å². The van der Waals surface area contributed by atoms with E-state index in [1.807, 2.05) is 14.1 Å². The molecule has 2 N–H and O–H groups in total. The van der Waals surface area contributed by atoms with Crippen molar-refractivity contribution < 1.29 is 5.11 Å². The Hall–Kier alpha value is -0.660. The van der Waals surface area contributed by atoms with Crippen LogP contribution in [0.2, 0.25) is 0 Å². The Bertz CT molecular complexity index is 266. The Kier molecular flexibility index (Phi) is 4.85. The molecule has 1 heterocycles. The van der Waals surface area contributed by atoms with E-state index in [0.29, 0.717) is 6.04 Å². The predicted molar refractivity (Wildman–Crippen MR) is 54.1 cm³/mol. The first-order valence-corrected chi connectivity index (χ1v) is 5.39. The zero-order valence-corrected chi connectivity index (χ0v) is 9.16. The van der Waals surface area contributed by atoms with Crippen molar-refractivity contribution >= 4 is 11.8 Å². The minimum atomic E-state index is 0.198. The molecule has 0 aliphatic rings. The number of aliphatic hydroxyl groups is 1. The maximum absolute atomic E-state index is 8.78. The van der Waals surface area contributed by atoms with Crippen molar-refractivity contribution in [2.75, 3.05) is 19.4 Å². The molecule has 1 atom stereocenters. The van der Waals surface area contributed by atoms with Crippen LogP contribution in [-0.4, -0.2) is 50.8 Å². The van der Waals surface area contributed by atoms with Crippen molar-refractivity contribution in [3.05, 3.63) is 0 Å². The largest absolute Gasteiger partial charge is 0.396 e. The van der Waals surface area contributed by atoms with Crippen molar-refractivity contribution in [1.82, 2.24) is 25.5 Å². The van der Waals surface area contributed by atoms with Crippen molar-refractivity contribution in [3.8, 4) is 0 Å². The molecule has 1 aromatic heterocycles. The molecular weight excluding hydrogens is 202 g/mol. The van der Waals surface area contributed by atoms with Crippen LogP contribution in [0.3, 0.4) is 0 Å². The standard InChI is InChI=1S/C7H15N5OS/c1-8-6(3-4-13)5-14-7-9-10-11-12(7)2/h6,8,13H,3-5H2,1-2H3. The van der Waals surface area contributed by atoms with Gasteiger partial charge in [0.2, 0.25) is 5.16 Å². The number of aliphatic hydroxyl groups excluding tert-OH is 1. The molecule has 80 valence electrons. The minimum Gasteiger partial charge on any atom is -0.396 e. The van der Waals surface area contributed by atoms with Crippen molar-refractivity contribution in [3.63, 3.8) is 0 Å². The Morgan fingerprint density at radius 1 is 1.64 bits per heavy atom. The van der Waals surface area contributed by atoms with Gasteiger partial charge in [-0.2, -0.15) is 0 Å². The highest BCUT2D eigenvalue weighted by atomic mass is 32.2. The van der Waals surface area contributed by atoms with Gasteiger partial charge in [-0.05, 0) is 23.9 Å². The van der Waals surface area contributed by atoms with Crippen LogP contribution in [0.15, 0.2) is 5.16 Å². The second kappa shape index (κ2) is 5.94. The number of aryl methyl sites for hydroxylation is 1. The van der Waals surface area contributed by atoms with Gasteiger partial charge in [0.25, 0.3) is 0 Å². The molecule has 0 saturated carbocycles. The summed E-state index contributed by atoms with van der Waals surface area (Å²) >= 11 is 1.58. The molecule has 0 bridgehead atoms. The van der Waals surface area contributed by atoms with Gasteiger partial charge < -0.3 is 10.4 Å². The molecule has 0 aromatic carbocycles. The molecule has 0 amide bonds. The topological polar surface area (TPSA) is 75.9 Å². The van der Waals surface area contributed by atoms with E-state index in [4.69, 9.17) is 5.11 Å². The lowest BCUT2D eigenvalue weighted by Crippen LogP contribution is -2.28. The van der Waals surface area contributed by atoms with Crippen molar-refractivity contribution in [1.29, 1.82) is 0 Å². The normalized spacial score (nSPS) is 13.1. The maximum atomic E-state index is 8.78. The molecule has 1 rings (SSSR count). The predicted octanol–water partition coefficient (Wildman–Crippen LogP) is -0.727. The van der Waals surface area contributed by atoms with Gasteiger partial charge in [-0.25, -0.2) is 4.68 Å². The molecule has 0 spiro atoms. The van der Waals surface area contributed by atoms with Gasteiger partial charge in [-0.15, -0.1) is 5.10 Å². The number of aromatic nitrogens is 4. The van der Waals surface area contributed by atoms with E-state index >= 15 is 0 Å². The summed E-state index contributed by atoms with van der Waals surface area (Å²) in [6.45, 7) is 0.198. The molecule has 0 saturated heterocycles. The van der Waals surface area contributed by atoms with Crippen molar-refractivity contribution in [2.45, 2.75) is 17.6 Å². The smallest absolute Gasteiger partial charge is 0.209 e. The molecule has 0 aliphatic heterocycles. The number of tetrazole rings is 1. The van der Waals surface area contributed by atoms with Crippen LogP contribution in [0.25, 0.3) is 0 Å². The molecule has 6 nitrogen and oxygen atoms in total. The monoisotopic (exact) mass is 217 g/mol. The lowest BCUT2D eigenvalue weighted by Gasteiger charge is -2.12. The highest BCUT2D eigenvalue weighted by molar-refractivity contribution is 7.99. The fourth-order valence-corrected chi connectivity index (χ4v) is 1.99. The third-order valence-corrected chi connectivity index (χ3v) is 3.05. The van der Waals surface area contributed by atoms with Crippen molar-refractivity contribution in [2.24, 2.45) is 7.05 Å². The van der Waals surface area contributed by atoms with Gasteiger partial charge in [0.15, 0.2) is 0 Å². The van der Waals surface area contributed by atoms with E-state index < -0.39 is 0 Å². The fraction of sp³-hybridized carbons (Fsp3) is 0.857. The second-order valence-corrected chi connectivity index (χ2v) is 3.88. The average Bonchev–Trinajstić information content (AvgIpc) is 2.59. The molecule has 7 heteroatoms. The summed E-state index contributed by atoms with van der Waals surface area (Å²) in [5.41, 5.74) is 0. The summed E-state index contributed by atoms with van der Waals surface area (Å²) in [6.07, 6.45) is 0.745. The van der Waals surface area contributed by atoms with E-state index in [1.54, 1.807) is 16.4 Å². The van der Waals surface area contributed by atoms with Gasteiger partial charge in [-0.1, -0.05) is 11.8 Å². The lowest BCUT2D eigenvalue weighted by atomic mass is 10.2. The molecule has 1 unspecified atom stereocenters. The van der Waals surface area contributed by atoms with Gasteiger partial charge in [0.1, 0.15) is 0 Å². The van der Waals surface area contributed by atoms with Crippen LogP contribution >= 0.6 is 11.8 Å². The van der Waals surface area contributed by atoms with E-state index in [0.717, 1.165) is 17.3 Å². The first kappa shape index (κ1) is 11.4. The molecular formula is C7H15N5OS. The fourth-order valence-electron chi connectivity index (χ4n) is 0.985. The average molecular weight is 217 g/mol. The molecule has 0 fully saturated rings. The maximum Gasteiger partial charge on any atom is 0.209 e. The zero-order valence-electron chi connectivity index (χ0n) is 8.34. The second-order valence-electron chi connectivity index (χ2n) is 2.89. The number of nitrogens with one attached hydrogen (secondary N) is 1. The van der Waals surface area contributed by atoms with E-state index in [1.165, 1.54) is 0 Å². The van der Waals surface area contributed by atoms with Gasteiger partial charge in [0, 0.05) is 25.4 Å². The van der Waals surface area contributed by atoms with Gasteiger partial charge in [-0.3, -0.25) is 0 Å². The van der Waals surface area contributed by atoms with Crippen LogP contribution in [-0.2, 0) is 7.05 Å². The molecule has 1 aromatic rings. The number of hydrogen-bond donors (Lipinski definition) is 2. The Morgan fingerprint density at radius 2 is 2.43 bits per heavy atom. The summed E-state index contributed by atoms with van der Waals surface area (Å²) in [7, 11) is 3.69. The summed E-state index contributed by atoms with van der Waals surface area (Å²) in [4.78, 5) is 0. The summed E-state index contributed by atoms with van der Waals surface area (Å²) in [5.74, 6) is 0.852. The van der Waals surface area contributed by atoms with E-state index in [2.05, 4.69) is 20.8 Å². The quantitative estimate of drug-likeness (QED) is 0.612. The Labute approximate surface area is 87.1 Å². The van der Waals surface area contributed by atoms with Crippen LogP contribution in [0, 0.1) is 0 Å². The number of thioether (sulfide) groups is 1. The van der Waals surface area contributed by atoms with E-state index in [9.17, 15) is 0 Å². The highest BCUT2D eigenvalue weighted by Gasteiger charge is 2.09. The first-order chi connectivity index (χ1) is 6.77. The summed E-state index contributed by atoms with van der Waals surface area (Å²) in [5, 5.41) is 23.8. The first-order valence-electron chi connectivity index (χ1n) is 4.41. The minimum absolute atomic E-state index is 0.198.